The Morgan fingerprint density at radius 2 is 1.00 bits per heavy atom. The third-order valence-electron chi connectivity index (χ3n) is 2.69. The van der Waals surface area contributed by atoms with E-state index >= 15 is 0 Å². The van der Waals surface area contributed by atoms with Crippen LogP contribution in [0, 0.1) is 0 Å². The number of nitrogens with zero attached hydrogens (tertiary/aromatic N) is 2. The Bertz CT molecular complexity index is 517. The zero-order chi connectivity index (χ0) is 11.0. The van der Waals surface area contributed by atoms with Gasteiger partial charge < -0.3 is 5.53 Å². The largest absolute Gasteiger partial charge is 0.493 e. The zero-order valence-electron chi connectivity index (χ0n) is 8.67. The van der Waals surface area contributed by atoms with Gasteiger partial charge in [0.05, 0.1) is 11.1 Å². The van der Waals surface area contributed by atoms with Crippen LogP contribution >= 0.6 is 0 Å². The average Bonchev–Trinajstić information content (AvgIpc) is 3.03. The molecule has 2 heteroatoms. The van der Waals surface area contributed by atoms with Gasteiger partial charge in [-0.1, -0.05) is 36.4 Å². The van der Waals surface area contributed by atoms with Crippen molar-refractivity contribution in [2.45, 2.75) is 0 Å². The molecule has 3 rings (SSSR count). The summed E-state index contributed by atoms with van der Waals surface area (Å²) in [7, 11) is 0. The quantitative estimate of drug-likeness (QED) is 0.671. The first kappa shape index (κ1) is 9.04. The second-order valence-corrected chi connectivity index (χ2v) is 3.74. The molecule has 0 aliphatic carbocycles. The highest BCUT2D eigenvalue weighted by Crippen LogP contribution is 2.42. The molecule has 0 fully saturated rings. The highest BCUT2D eigenvalue weighted by molar-refractivity contribution is 5.93. The maximum absolute atomic E-state index is 9.75. The fourth-order valence-corrected chi connectivity index (χ4v) is 1.87. The molecule has 0 saturated heterocycles. The standard InChI is InChI=1S/C14H10N2/c15-16-13(11-7-3-1-4-8-11)14(16)12-9-5-2-6-10-12/h1-10H. The lowest BCUT2D eigenvalue weighted by Gasteiger charge is -1.86. The van der Waals surface area contributed by atoms with E-state index in [-0.39, 0.29) is 0 Å². The van der Waals surface area contributed by atoms with Gasteiger partial charge in [0.25, 0.3) is 11.4 Å². The minimum atomic E-state index is 0.895. The minimum Gasteiger partial charge on any atom is -0.493 e. The van der Waals surface area contributed by atoms with Gasteiger partial charge in [-0.05, 0) is 24.3 Å². The van der Waals surface area contributed by atoms with Crippen LogP contribution in [0.4, 0.5) is 0 Å². The smallest absolute Gasteiger partial charge is 0.280 e. The molecule has 0 N–H and O–H groups in total. The molecule has 0 atom stereocenters. The summed E-state index contributed by atoms with van der Waals surface area (Å²) in [6.45, 7) is 0. The Morgan fingerprint density at radius 1 is 0.625 bits per heavy atom. The first-order chi connectivity index (χ1) is 7.88. The Labute approximate surface area is 94.0 Å². The van der Waals surface area contributed by atoms with Crippen molar-refractivity contribution in [3.05, 3.63) is 77.3 Å². The molecule has 2 aromatic rings. The Balaban J connectivity index is 2.05. The molecule has 0 amide bonds. The van der Waals surface area contributed by atoms with E-state index in [0.717, 1.165) is 22.5 Å². The summed E-state index contributed by atoms with van der Waals surface area (Å²) >= 11 is 0. The molecule has 1 heterocycles. The maximum Gasteiger partial charge on any atom is 0.280 e. The van der Waals surface area contributed by atoms with Crippen molar-refractivity contribution in [1.82, 2.24) is 0 Å². The van der Waals surface area contributed by atoms with Crippen LogP contribution in [0.3, 0.4) is 0 Å². The molecule has 0 radical (unpaired) electrons. The summed E-state index contributed by atoms with van der Waals surface area (Å²) in [4.78, 5) is 0. The molecule has 0 saturated carbocycles. The van der Waals surface area contributed by atoms with Gasteiger partial charge in [-0.15, -0.1) is 0 Å². The number of hydrogen-bond acceptors (Lipinski definition) is 0. The van der Waals surface area contributed by atoms with Crippen molar-refractivity contribution in [2.75, 3.05) is 0 Å². The first-order valence-corrected chi connectivity index (χ1v) is 5.22. The van der Waals surface area contributed by atoms with Crippen molar-refractivity contribution in [3.8, 4) is 0 Å². The highest BCUT2D eigenvalue weighted by atomic mass is 15.3. The number of benzene rings is 2. The Hall–Kier alpha value is -2.22. The first-order valence-electron chi connectivity index (χ1n) is 5.22. The van der Waals surface area contributed by atoms with E-state index in [1.54, 1.807) is 0 Å². The van der Waals surface area contributed by atoms with Crippen LogP contribution in [0.15, 0.2) is 60.7 Å². The molecule has 16 heavy (non-hydrogen) atoms. The lowest BCUT2D eigenvalue weighted by Crippen LogP contribution is -1.77. The van der Waals surface area contributed by atoms with Gasteiger partial charge in [0.15, 0.2) is 0 Å². The van der Waals surface area contributed by atoms with E-state index in [4.69, 9.17) is 0 Å². The fourth-order valence-electron chi connectivity index (χ4n) is 1.87. The fraction of sp³-hybridized carbons (Fsp3) is 0. The van der Waals surface area contributed by atoms with E-state index in [0.29, 0.717) is 0 Å². The Kier molecular flexibility index (Phi) is 1.93. The summed E-state index contributed by atoms with van der Waals surface area (Å²) in [6.07, 6.45) is 0. The van der Waals surface area contributed by atoms with Crippen LogP contribution < -0.4 is 0 Å². The van der Waals surface area contributed by atoms with Gasteiger partial charge in [0.2, 0.25) is 0 Å². The SMILES string of the molecule is [N-]=[N+]1C(c2ccccc2)=C1c1ccccc1. The monoisotopic (exact) mass is 206 g/mol. The molecule has 1 aliphatic heterocycles. The average molecular weight is 206 g/mol. The van der Waals surface area contributed by atoms with E-state index in [9.17, 15) is 5.53 Å². The van der Waals surface area contributed by atoms with Gasteiger partial charge >= 0.3 is 0 Å². The highest BCUT2D eigenvalue weighted by Gasteiger charge is 2.40. The summed E-state index contributed by atoms with van der Waals surface area (Å²) in [5.41, 5.74) is 13.6. The summed E-state index contributed by atoms with van der Waals surface area (Å²) < 4.78 is 1.24. The van der Waals surface area contributed by atoms with Crippen molar-refractivity contribution in [1.29, 1.82) is 0 Å². The van der Waals surface area contributed by atoms with E-state index < -0.39 is 0 Å². The number of rotatable bonds is 2. The van der Waals surface area contributed by atoms with Crippen LogP contribution in [-0.4, -0.2) is 4.70 Å². The third kappa shape index (κ3) is 1.36. The molecule has 0 spiro atoms. The molecule has 2 aromatic carbocycles. The van der Waals surface area contributed by atoms with Crippen LogP contribution in [0.25, 0.3) is 16.9 Å². The van der Waals surface area contributed by atoms with Gasteiger partial charge in [-0.25, -0.2) is 4.70 Å². The minimum absolute atomic E-state index is 0.895. The van der Waals surface area contributed by atoms with Crippen molar-refractivity contribution in [2.24, 2.45) is 0 Å². The van der Waals surface area contributed by atoms with Crippen LogP contribution in [0.5, 0.6) is 0 Å². The third-order valence-corrected chi connectivity index (χ3v) is 2.69. The summed E-state index contributed by atoms with van der Waals surface area (Å²) in [6, 6.07) is 19.8. The predicted octanol–water partition coefficient (Wildman–Crippen LogP) is 3.56. The van der Waals surface area contributed by atoms with Gasteiger partial charge in [-0.2, -0.15) is 0 Å². The van der Waals surface area contributed by atoms with Crippen LogP contribution in [-0.2, 0) is 0 Å². The van der Waals surface area contributed by atoms with E-state index in [1.165, 1.54) is 4.70 Å². The van der Waals surface area contributed by atoms with Crippen molar-refractivity contribution < 1.29 is 4.70 Å². The molecule has 0 bridgehead atoms. The van der Waals surface area contributed by atoms with Crippen molar-refractivity contribution in [3.63, 3.8) is 0 Å². The molecule has 76 valence electrons. The van der Waals surface area contributed by atoms with Crippen LogP contribution in [0.2, 0.25) is 0 Å². The predicted molar refractivity (Wildman–Crippen MR) is 63.3 cm³/mol. The number of hydrogen-bond donors (Lipinski definition) is 0. The molecule has 1 aliphatic rings. The van der Waals surface area contributed by atoms with Gasteiger partial charge in [0, 0.05) is 0 Å². The van der Waals surface area contributed by atoms with E-state index in [1.807, 2.05) is 60.7 Å². The molecule has 2 nitrogen and oxygen atoms in total. The zero-order valence-corrected chi connectivity index (χ0v) is 8.67. The Morgan fingerprint density at radius 3 is 1.38 bits per heavy atom. The molecular formula is C14H10N2. The topological polar surface area (TPSA) is 25.3 Å². The normalized spacial score (nSPS) is 14.1. The van der Waals surface area contributed by atoms with Crippen LogP contribution in [0.1, 0.15) is 11.1 Å². The summed E-state index contributed by atoms with van der Waals surface area (Å²) in [5, 5.41) is 0. The maximum atomic E-state index is 9.75. The molecular weight excluding hydrogens is 196 g/mol. The molecule has 0 unspecified atom stereocenters. The summed E-state index contributed by atoms with van der Waals surface area (Å²) in [5.74, 6) is 0. The van der Waals surface area contributed by atoms with Gasteiger partial charge in [-0.3, -0.25) is 0 Å². The lowest BCUT2D eigenvalue weighted by molar-refractivity contribution is -0.277. The molecule has 0 aromatic heterocycles. The van der Waals surface area contributed by atoms with Crippen molar-refractivity contribution >= 4 is 11.4 Å². The second kappa shape index (κ2) is 3.42. The lowest BCUT2D eigenvalue weighted by atomic mass is 10.1. The second-order valence-electron chi connectivity index (χ2n) is 3.74. The van der Waals surface area contributed by atoms with Gasteiger partial charge in [0.1, 0.15) is 0 Å². The van der Waals surface area contributed by atoms with E-state index in [2.05, 4.69) is 0 Å².